The second kappa shape index (κ2) is 7.98. The predicted octanol–water partition coefficient (Wildman–Crippen LogP) is 3.39. The molecule has 1 aliphatic heterocycles. The fourth-order valence-corrected chi connectivity index (χ4v) is 3.66. The highest BCUT2D eigenvalue weighted by atomic mass is 19.3. The molecular weight excluding hydrogens is 378 g/mol. The van der Waals surface area contributed by atoms with E-state index >= 15 is 0 Å². The highest BCUT2D eigenvalue weighted by Crippen LogP contribution is 2.23. The van der Waals surface area contributed by atoms with E-state index in [1.165, 1.54) is 24.3 Å². The molecule has 2 N–H and O–H groups in total. The first-order valence-electron chi connectivity index (χ1n) is 9.40. The monoisotopic (exact) mass is 398 g/mol. The number of halogens is 2. The van der Waals surface area contributed by atoms with Gasteiger partial charge >= 0.3 is 0 Å². The van der Waals surface area contributed by atoms with Crippen LogP contribution in [0.25, 0.3) is 10.9 Å². The number of hydrogen-bond acceptors (Lipinski definition) is 3. The highest BCUT2D eigenvalue weighted by Gasteiger charge is 2.28. The summed E-state index contributed by atoms with van der Waals surface area (Å²) in [5.41, 5.74) is 1.44. The van der Waals surface area contributed by atoms with Gasteiger partial charge in [-0.1, -0.05) is 18.2 Å². The molecule has 1 unspecified atom stereocenters. The lowest BCUT2D eigenvalue weighted by Crippen LogP contribution is -2.33. The number of aromatic nitrogens is 2. The van der Waals surface area contributed by atoms with Crippen LogP contribution in [0.1, 0.15) is 39.1 Å². The number of nitrogens with one attached hydrogen (secondary N) is 2. The van der Waals surface area contributed by atoms with Crippen molar-refractivity contribution in [3.8, 4) is 0 Å². The van der Waals surface area contributed by atoms with Gasteiger partial charge in [0, 0.05) is 36.1 Å². The standard InChI is InChI=1S/C21H20F2N4O2/c22-19(23)14-3-1-4-15(9-14)20(28)24-10-13-7-8-27(12-13)21(29)16-5-2-6-18-17(16)11-25-26-18/h1-6,9,11,13,19H,7-8,10,12H2,(H,24,28)(H,25,26). The van der Waals surface area contributed by atoms with Crippen LogP contribution in [0.5, 0.6) is 0 Å². The van der Waals surface area contributed by atoms with Crippen molar-refractivity contribution in [3.63, 3.8) is 0 Å². The predicted molar refractivity (Wildman–Crippen MR) is 104 cm³/mol. The van der Waals surface area contributed by atoms with Gasteiger partial charge in [0.25, 0.3) is 18.2 Å². The molecule has 2 aromatic carbocycles. The summed E-state index contributed by atoms with van der Waals surface area (Å²) in [6.07, 6.45) is -0.203. The van der Waals surface area contributed by atoms with E-state index in [-0.39, 0.29) is 28.9 Å². The van der Waals surface area contributed by atoms with Crippen LogP contribution in [0, 0.1) is 5.92 Å². The number of amides is 2. The maximum atomic E-state index is 12.9. The molecule has 1 aliphatic rings. The molecular formula is C21H20F2N4O2. The fraction of sp³-hybridized carbons (Fsp3) is 0.286. The van der Waals surface area contributed by atoms with E-state index < -0.39 is 6.43 Å². The number of benzene rings is 2. The molecule has 0 bridgehead atoms. The molecule has 6 nitrogen and oxygen atoms in total. The van der Waals surface area contributed by atoms with Crippen LogP contribution >= 0.6 is 0 Å². The molecule has 1 fully saturated rings. The van der Waals surface area contributed by atoms with Crippen molar-refractivity contribution in [1.82, 2.24) is 20.4 Å². The van der Waals surface area contributed by atoms with Crippen LogP contribution in [0.15, 0.2) is 48.7 Å². The number of hydrogen-bond donors (Lipinski definition) is 2. The van der Waals surface area contributed by atoms with Crippen LogP contribution in [0.2, 0.25) is 0 Å². The molecule has 2 amide bonds. The zero-order valence-corrected chi connectivity index (χ0v) is 15.6. The molecule has 8 heteroatoms. The second-order valence-electron chi connectivity index (χ2n) is 7.18. The Morgan fingerprint density at radius 1 is 1.24 bits per heavy atom. The van der Waals surface area contributed by atoms with Gasteiger partial charge in [0.2, 0.25) is 0 Å². The van der Waals surface area contributed by atoms with Gasteiger partial charge in [-0.05, 0) is 36.6 Å². The molecule has 4 rings (SSSR count). The summed E-state index contributed by atoms with van der Waals surface area (Å²) in [6, 6.07) is 10.9. The Labute approximate surface area is 165 Å². The average molecular weight is 398 g/mol. The molecule has 2 heterocycles. The third-order valence-corrected chi connectivity index (χ3v) is 5.24. The Bertz CT molecular complexity index is 1050. The number of rotatable bonds is 5. The van der Waals surface area contributed by atoms with Gasteiger partial charge in [-0.15, -0.1) is 0 Å². The molecule has 1 aromatic heterocycles. The number of aromatic amines is 1. The number of alkyl halides is 2. The lowest BCUT2D eigenvalue weighted by atomic mass is 10.1. The van der Waals surface area contributed by atoms with Gasteiger partial charge < -0.3 is 10.2 Å². The summed E-state index contributed by atoms with van der Waals surface area (Å²) >= 11 is 0. The highest BCUT2D eigenvalue weighted by molar-refractivity contribution is 6.06. The van der Waals surface area contributed by atoms with Crippen molar-refractivity contribution in [1.29, 1.82) is 0 Å². The number of fused-ring (bicyclic) bond motifs is 1. The van der Waals surface area contributed by atoms with Gasteiger partial charge in [0.15, 0.2) is 0 Å². The van der Waals surface area contributed by atoms with E-state index in [0.29, 0.717) is 25.2 Å². The molecule has 3 aromatic rings. The number of nitrogens with zero attached hydrogens (tertiary/aromatic N) is 2. The van der Waals surface area contributed by atoms with Gasteiger partial charge in [-0.3, -0.25) is 14.7 Å². The normalized spacial score (nSPS) is 16.5. The summed E-state index contributed by atoms with van der Waals surface area (Å²) in [7, 11) is 0. The van der Waals surface area contributed by atoms with Crippen molar-refractivity contribution in [3.05, 3.63) is 65.4 Å². The largest absolute Gasteiger partial charge is 0.352 e. The van der Waals surface area contributed by atoms with Crippen LogP contribution < -0.4 is 5.32 Å². The molecule has 150 valence electrons. The number of carbonyl (C=O) groups is 2. The van der Waals surface area contributed by atoms with E-state index in [2.05, 4.69) is 15.5 Å². The van der Waals surface area contributed by atoms with Crippen molar-refractivity contribution < 1.29 is 18.4 Å². The van der Waals surface area contributed by atoms with Gasteiger partial charge in [-0.2, -0.15) is 5.10 Å². The summed E-state index contributed by atoms with van der Waals surface area (Å²) in [4.78, 5) is 26.9. The number of carbonyl (C=O) groups excluding carboxylic acids is 2. The molecule has 29 heavy (non-hydrogen) atoms. The summed E-state index contributed by atoms with van der Waals surface area (Å²) in [5, 5.41) is 10.4. The van der Waals surface area contributed by atoms with Gasteiger partial charge in [0.1, 0.15) is 0 Å². The zero-order valence-electron chi connectivity index (χ0n) is 15.6. The first-order chi connectivity index (χ1) is 14.0. The van der Waals surface area contributed by atoms with E-state index in [0.717, 1.165) is 17.3 Å². The minimum atomic E-state index is -2.61. The zero-order chi connectivity index (χ0) is 20.4. The van der Waals surface area contributed by atoms with Crippen molar-refractivity contribution >= 4 is 22.7 Å². The maximum Gasteiger partial charge on any atom is 0.263 e. The lowest BCUT2D eigenvalue weighted by molar-refractivity contribution is 0.0789. The minimum Gasteiger partial charge on any atom is -0.352 e. The van der Waals surface area contributed by atoms with E-state index in [4.69, 9.17) is 0 Å². The fourth-order valence-electron chi connectivity index (χ4n) is 3.66. The molecule has 0 aliphatic carbocycles. The molecule has 1 saturated heterocycles. The Kier molecular flexibility index (Phi) is 5.24. The first kappa shape index (κ1) is 19.0. The van der Waals surface area contributed by atoms with E-state index in [1.807, 2.05) is 12.1 Å². The third kappa shape index (κ3) is 3.96. The number of H-pyrrole nitrogens is 1. The molecule has 0 radical (unpaired) electrons. The third-order valence-electron chi connectivity index (χ3n) is 5.24. The Balaban J connectivity index is 1.35. The summed E-state index contributed by atoms with van der Waals surface area (Å²) < 4.78 is 25.6. The van der Waals surface area contributed by atoms with Crippen molar-refractivity contribution in [2.75, 3.05) is 19.6 Å². The van der Waals surface area contributed by atoms with Gasteiger partial charge in [0.05, 0.1) is 17.3 Å². The second-order valence-corrected chi connectivity index (χ2v) is 7.18. The smallest absolute Gasteiger partial charge is 0.263 e. The molecule has 0 saturated carbocycles. The van der Waals surface area contributed by atoms with E-state index in [1.54, 1.807) is 17.2 Å². The minimum absolute atomic E-state index is 0.0598. The molecule has 0 spiro atoms. The van der Waals surface area contributed by atoms with Crippen LogP contribution in [0.3, 0.4) is 0 Å². The first-order valence-corrected chi connectivity index (χ1v) is 9.40. The van der Waals surface area contributed by atoms with Crippen LogP contribution in [0.4, 0.5) is 8.78 Å². The summed E-state index contributed by atoms with van der Waals surface area (Å²) in [5.74, 6) is -0.333. The Morgan fingerprint density at radius 2 is 2.07 bits per heavy atom. The van der Waals surface area contributed by atoms with Gasteiger partial charge in [-0.25, -0.2) is 8.78 Å². The average Bonchev–Trinajstić information content (AvgIpc) is 3.40. The molecule has 1 atom stereocenters. The van der Waals surface area contributed by atoms with Crippen molar-refractivity contribution in [2.45, 2.75) is 12.8 Å². The van der Waals surface area contributed by atoms with Crippen LogP contribution in [-0.4, -0.2) is 46.5 Å². The maximum absolute atomic E-state index is 12.9. The Morgan fingerprint density at radius 3 is 2.90 bits per heavy atom. The number of likely N-dealkylation sites (tertiary alicyclic amines) is 1. The topological polar surface area (TPSA) is 78.1 Å². The summed E-state index contributed by atoms with van der Waals surface area (Å²) in [6.45, 7) is 1.52. The van der Waals surface area contributed by atoms with Crippen molar-refractivity contribution in [2.24, 2.45) is 5.92 Å². The van der Waals surface area contributed by atoms with E-state index in [9.17, 15) is 18.4 Å². The van der Waals surface area contributed by atoms with Crippen LogP contribution in [-0.2, 0) is 0 Å². The lowest BCUT2D eigenvalue weighted by Gasteiger charge is -2.17. The quantitative estimate of drug-likeness (QED) is 0.692. The SMILES string of the molecule is O=C(NCC1CCN(C(=O)c2cccc3[nH]ncc23)C1)c1cccc(C(F)F)c1. The Hall–Kier alpha value is -3.29.